The third-order valence-electron chi connectivity index (χ3n) is 4.26. The van der Waals surface area contributed by atoms with Crippen LogP contribution in [0.1, 0.15) is 21.5 Å². The minimum atomic E-state index is -4.58. The number of nitrogens with one attached hydrogen (secondary N) is 1. The molecular formula is C18H10Cl2N2O5S. The Labute approximate surface area is 169 Å². The highest BCUT2D eigenvalue weighted by Gasteiger charge is 2.33. The molecule has 3 N–H and O–H groups in total. The average molecular weight is 437 g/mol. The van der Waals surface area contributed by atoms with E-state index in [1.165, 1.54) is 12.1 Å². The van der Waals surface area contributed by atoms with Crippen LogP contribution in [0.2, 0.25) is 10.0 Å². The molecule has 0 bridgehead atoms. The van der Waals surface area contributed by atoms with E-state index < -0.39 is 20.9 Å². The van der Waals surface area contributed by atoms with Crippen LogP contribution >= 0.6 is 23.2 Å². The van der Waals surface area contributed by atoms with Crippen LogP contribution < -0.4 is 0 Å². The molecule has 0 unspecified atom stereocenters. The highest BCUT2D eigenvalue weighted by Crippen LogP contribution is 2.39. The lowest BCUT2D eigenvalue weighted by Crippen LogP contribution is -2.00. The van der Waals surface area contributed by atoms with Gasteiger partial charge in [-0.25, -0.2) is 4.99 Å². The van der Waals surface area contributed by atoms with Crippen molar-refractivity contribution in [3.8, 4) is 17.1 Å². The van der Waals surface area contributed by atoms with Gasteiger partial charge in [-0.05, 0) is 24.3 Å². The van der Waals surface area contributed by atoms with E-state index in [4.69, 9.17) is 23.2 Å². The smallest absolute Gasteiger partial charge is 0.296 e. The first-order valence-corrected chi connectivity index (χ1v) is 9.98. The maximum Gasteiger partial charge on any atom is 0.296 e. The van der Waals surface area contributed by atoms with Gasteiger partial charge < -0.3 is 10.1 Å². The van der Waals surface area contributed by atoms with E-state index in [1.54, 1.807) is 24.3 Å². The number of nitrogens with zero attached hydrogens (tertiary/aromatic N) is 1. The number of hydrogen-bond acceptors (Lipinski definition) is 4. The van der Waals surface area contributed by atoms with Crippen molar-refractivity contribution in [3.63, 3.8) is 0 Å². The molecule has 142 valence electrons. The summed E-state index contributed by atoms with van der Waals surface area (Å²) in [5, 5.41) is 10.7. The van der Waals surface area contributed by atoms with E-state index in [-0.39, 0.29) is 39.0 Å². The summed E-state index contributed by atoms with van der Waals surface area (Å²) in [6.07, 6.45) is 0. The van der Waals surface area contributed by atoms with Crippen molar-refractivity contribution in [2.75, 3.05) is 0 Å². The molecule has 0 fully saturated rings. The lowest BCUT2D eigenvalue weighted by Gasteiger charge is -2.05. The fourth-order valence-corrected chi connectivity index (χ4v) is 4.16. The summed E-state index contributed by atoms with van der Waals surface area (Å²) in [5.74, 6) is -0.900. The number of benzene rings is 2. The van der Waals surface area contributed by atoms with Gasteiger partial charge in [0.05, 0.1) is 27.6 Å². The molecule has 7 nitrogen and oxygen atoms in total. The van der Waals surface area contributed by atoms with Crippen LogP contribution in [0.5, 0.6) is 5.88 Å². The molecule has 0 atom stereocenters. The zero-order chi connectivity index (χ0) is 20.2. The minimum Gasteiger partial charge on any atom is -0.494 e. The molecule has 2 aromatic carbocycles. The Morgan fingerprint density at radius 3 is 2.25 bits per heavy atom. The zero-order valence-corrected chi connectivity index (χ0v) is 16.1. The van der Waals surface area contributed by atoms with E-state index in [2.05, 4.69) is 9.98 Å². The highest BCUT2D eigenvalue weighted by molar-refractivity contribution is 7.86. The third-order valence-corrected chi connectivity index (χ3v) is 5.85. The van der Waals surface area contributed by atoms with Crippen molar-refractivity contribution in [3.05, 3.63) is 69.2 Å². The second-order valence-corrected chi connectivity index (χ2v) is 8.22. The Bertz CT molecular complexity index is 1280. The molecule has 0 saturated heterocycles. The largest absolute Gasteiger partial charge is 0.494 e. The molecule has 3 aromatic rings. The molecule has 1 aromatic heterocycles. The number of amides is 1. The third kappa shape index (κ3) is 3.00. The van der Waals surface area contributed by atoms with Crippen molar-refractivity contribution in [2.45, 2.75) is 4.90 Å². The number of fused-ring (bicyclic) bond motifs is 1. The van der Waals surface area contributed by atoms with Gasteiger partial charge in [-0.2, -0.15) is 8.42 Å². The summed E-state index contributed by atoms with van der Waals surface area (Å²) in [6.45, 7) is 0. The first-order chi connectivity index (χ1) is 13.2. The van der Waals surface area contributed by atoms with Crippen molar-refractivity contribution in [2.24, 2.45) is 4.99 Å². The van der Waals surface area contributed by atoms with Gasteiger partial charge in [-0.15, -0.1) is 0 Å². The van der Waals surface area contributed by atoms with Crippen LogP contribution in [0.15, 0.2) is 52.4 Å². The molecule has 0 aliphatic carbocycles. The van der Waals surface area contributed by atoms with Crippen molar-refractivity contribution in [1.29, 1.82) is 0 Å². The van der Waals surface area contributed by atoms with Gasteiger partial charge in [0.1, 0.15) is 4.90 Å². The van der Waals surface area contributed by atoms with Gasteiger partial charge in [0.2, 0.25) is 0 Å². The molecule has 0 radical (unpaired) electrons. The molecular weight excluding hydrogens is 427 g/mol. The van der Waals surface area contributed by atoms with Crippen molar-refractivity contribution < 1.29 is 22.9 Å². The number of aliphatic imine (C=N–C) groups is 1. The van der Waals surface area contributed by atoms with Gasteiger partial charge in [-0.1, -0.05) is 41.4 Å². The summed E-state index contributed by atoms with van der Waals surface area (Å²) in [5.41, 5.74) is 1.52. The van der Waals surface area contributed by atoms with E-state index in [0.717, 1.165) is 6.07 Å². The summed E-state index contributed by atoms with van der Waals surface area (Å²) in [4.78, 5) is 18.7. The van der Waals surface area contributed by atoms with Crippen LogP contribution in [0, 0.1) is 0 Å². The summed E-state index contributed by atoms with van der Waals surface area (Å²) < 4.78 is 32.4. The number of hydrogen-bond donors (Lipinski definition) is 3. The van der Waals surface area contributed by atoms with Gasteiger partial charge in [0, 0.05) is 16.1 Å². The van der Waals surface area contributed by atoms with E-state index >= 15 is 0 Å². The normalized spacial score (nSPS) is 13.5. The maximum atomic E-state index is 12.5. The molecule has 10 heteroatoms. The number of aromatic hydroxyl groups is 1. The van der Waals surface area contributed by atoms with Crippen LogP contribution in [-0.4, -0.2) is 34.7 Å². The quantitative estimate of drug-likeness (QED) is 0.537. The number of halogens is 2. The van der Waals surface area contributed by atoms with Crippen LogP contribution in [0.25, 0.3) is 11.3 Å². The van der Waals surface area contributed by atoms with Crippen LogP contribution in [-0.2, 0) is 10.1 Å². The highest BCUT2D eigenvalue weighted by atomic mass is 35.5. The van der Waals surface area contributed by atoms with Gasteiger partial charge in [0.15, 0.2) is 5.88 Å². The minimum absolute atomic E-state index is 0.0889. The SMILES string of the molecule is O=C1N=C(c2ccc(Cl)cc2)c2c(O)[nH]c(-c3ccc(Cl)c(S(=O)(=O)O)c3)c21. The second-order valence-electron chi connectivity index (χ2n) is 5.99. The second kappa shape index (κ2) is 6.46. The van der Waals surface area contributed by atoms with Crippen molar-refractivity contribution in [1.82, 2.24) is 4.98 Å². The van der Waals surface area contributed by atoms with Crippen LogP contribution in [0.4, 0.5) is 0 Å². The number of H-pyrrole nitrogens is 1. The molecule has 0 spiro atoms. The first-order valence-electron chi connectivity index (χ1n) is 7.78. The Kier molecular flexibility index (Phi) is 4.31. The van der Waals surface area contributed by atoms with E-state index in [9.17, 15) is 22.9 Å². The predicted molar refractivity (Wildman–Crippen MR) is 104 cm³/mol. The number of carbonyl (C=O) groups excluding carboxylic acids is 1. The monoisotopic (exact) mass is 436 g/mol. The fraction of sp³-hybridized carbons (Fsp3) is 0. The molecule has 1 aliphatic rings. The lowest BCUT2D eigenvalue weighted by atomic mass is 10.0. The molecule has 28 heavy (non-hydrogen) atoms. The Morgan fingerprint density at radius 2 is 1.61 bits per heavy atom. The van der Waals surface area contributed by atoms with E-state index in [0.29, 0.717) is 10.6 Å². The Morgan fingerprint density at radius 1 is 0.964 bits per heavy atom. The summed E-state index contributed by atoms with van der Waals surface area (Å²) in [7, 11) is -4.58. The van der Waals surface area contributed by atoms with Crippen molar-refractivity contribution >= 4 is 44.9 Å². The summed E-state index contributed by atoms with van der Waals surface area (Å²) in [6, 6.07) is 10.4. The number of rotatable bonds is 3. The average Bonchev–Trinajstić information content (AvgIpc) is 3.14. The first kappa shape index (κ1) is 18.7. The molecule has 1 amide bonds. The Hall–Kier alpha value is -2.65. The molecule has 4 rings (SSSR count). The van der Waals surface area contributed by atoms with Crippen LogP contribution in [0.3, 0.4) is 0 Å². The Balaban J connectivity index is 1.89. The summed E-state index contributed by atoms with van der Waals surface area (Å²) >= 11 is 11.7. The van der Waals surface area contributed by atoms with Gasteiger partial charge in [0.25, 0.3) is 16.0 Å². The van der Waals surface area contributed by atoms with Gasteiger partial charge >= 0.3 is 0 Å². The number of aromatic amines is 1. The number of carbonyl (C=O) groups is 1. The predicted octanol–water partition coefficient (Wildman–Crippen LogP) is 3.93. The van der Waals surface area contributed by atoms with E-state index in [1.807, 2.05) is 0 Å². The van der Waals surface area contributed by atoms with Gasteiger partial charge in [-0.3, -0.25) is 9.35 Å². The molecule has 0 saturated carbocycles. The number of aromatic nitrogens is 1. The molecule has 1 aliphatic heterocycles. The standard InChI is InChI=1S/C18H10Cl2N2O5S/c19-10-4-1-8(2-5-10)15-13-14(18(24)21-15)16(22-17(13)23)9-3-6-11(20)12(7-9)28(25,26)27/h1-7,22-23H,(H,25,26,27). The topological polar surface area (TPSA) is 120 Å². The fourth-order valence-electron chi connectivity index (χ4n) is 3.03. The zero-order valence-electron chi connectivity index (χ0n) is 13.8. The molecule has 2 heterocycles. The maximum absolute atomic E-state index is 12.5. The lowest BCUT2D eigenvalue weighted by molar-refractivity contribution is 0.101.